The molecule has 10 rings (SSSR count). The molecule has 6 aromatic heterocycles. The Morgan fingerprint density at radius 1 is 0.521 bits per heavy atom. The number of ether oxygens (including phenoxy) is 4. The fourth-order valence-corrected chi connectivity index (χ4v) is 9.16. The van der Waals surface area contributed by atoms with Crippen LogP contribution in [-0.4, -0.2) is 41.5 Å². The van der Waals surface area contributed by atoms with E-state index in [0.29, 0.717) is 70.4 Å². The normalized spacial score (nSPS) is 11.2. The predicted molar refractivity (Wildman–Crippen MR) is 268 cm³/mol. The molecule has 0 saturated carbocycles. The van der Waals surface area contributed by atoms with E-state index in [1.54, 1.807) is 0 Å². The van der Waals surface area contributed by atoms with Crippen molar-refractivity contribution in [3.63, 3.8) is 0 Å². The average Bonchev–Trinajstić information content (AvgIpc) is 4.27. The molecule has 14 nitrogen and oxygen atoms in total. The van der Waals surface area contributed by atoms with E-state index in [0.717, 1.165) is 43.4 Å². The van der Waals surface area contributed by atoms with Gasteiger partial charge in [-0.2, -0.15) is 10.2 Å². The van der Waals surface area contributed by atoms with Gasteiger partial charge in [0.05, 0.1) is 22.8 Å². The summed E-state index contributed by atoms with van der Waals surface area (Å²) in [5, 5.41) is 13.6. The van der Waals surface area contributed by atoms with E-state index in [-0.39, 0.29) is 26.4 Å². The number of carbonyl (C=O) groups is 2. The Kier molecular flexibility index (Phi) is 14.1. The first-order chi connectivity index (χ1) is 34.8. The van der Waals surface area contributed by atoms with Gasteiger partial charge >= 0.3 is 11.9 Å². The molecule has 0 bridgehead atoms. The zero-order chi connectivity index (χ0) is 48.5. The van der Waals surface area contributed by atoms with Crippen molar-refractivity contribution in [2.24, 2.45) is 0 Å². The lowest BCUT2D eigenvalue weighted by Crippen LogP contribution is -2.14. The van der Waals surface area contributed by atoms with Crippen LogP contribution in [0.15, 0.2) is 165 Å². The second kappa shape index (κ2) is 21.5. The van der Waals surface area contributed by atoms with Gasteiger partial charge in [0.25, 0.3) is 0 Å². The van der Waals surface area contributed by atoms with Gasteiger partial charge in [-0.25, -0.2) is 9.97 Å². The highest BCUT2D eigenvalue weighted by Gasteiger charge is 2.20. The monoisotopic (exact) mass is 982 g/mol. The van der Waals surface area contributed by atoms with Crippen LogP contribution in [0.1, 0.15) is 51.6 Å². The van der Waals surface area contributed by atoms with Crippen molar-refractivity contribution >= 4 is 34.6 Å². The molecule has 0 spiro atoms. The van der Waals surface area contributed by atoms with Crippen LogP contribution in [0, 0.1) is 13.8 Å². The van der Waals surface area contributed by atoms with Crippen molar-refractivity contribution in [1.29, 1.82) is 0 Å². The molecule has 0 atom stereocenters. The van der Waals surface area contributed by atoms with Crippen LogP contribution in [0.5, 0.6) is 11.5 Å². The summed E-state index contributed by atoms with van der Waals surface area (Å²) in [5.41, 5.74) is 8.10. The van der Waals surface area contributed by atoms with Gasteiger partial charge in [-0.15, -0.1) is 22.7 Å². The fourth-order valence-electron chi connectivity index (χ4n) is 7.67. The van der Waals surface area contributed by atoms with Gasteiger partial charge in [0.15, 0.2) is 0 Å². The van der Waals surface area contributed by atoms with Gasteiger partial charge < -0.3 is 27.8 Å². The zero-order valence-corrected chi connectivity index (χ0v) is 40.4. The number of oxazole rings is 2. The van der Waals surface area contributed by atoms with E-state index < -0.39 is 18.4 Å². The third-order valence-electron chi connectivity index (χ3n) is 11.4. The van der Waals surface area contributed by atoms with Gasteiger partial charge in [0.2, 0.25) is 11.8 Å². The van der Waals surface area contributed by atoms with Crippen molar-refractivity contribution in [2.45, 2.75) is 59.8 Å². The second-order valence-electron chi connectivity index (χ2n) is 16.5. The third-order valence-corrected chi connectivity index (χ3v) is 13.1. The topological polar surface area (TPSA) is 159 Å². The summed E-state index contributed by atoms with van der Waals surface area (Å²) in [6.45, 7) is 5.09. The number of aryl methyl sites for hydroxylation is 2. The number of rotatable bonds is 20. The van der Waals surface area contributed by atoms with E-state index in [9.17, 15) is 9.59 Å². The molecule has 0 saturated heterocycles. The predicted octanol–water partition coefficient (Wildman–Crippen LogP) is 11.9. The maximum absolute atomic E-state index is 13.1. The molecule has 71 heavy (non-hydrogen) atoms. The van der Waals surface area contributed by atoms with Gasteiger partial charge in [-0.05, 0) is 96.4 Å². The highest BCUT2D eigenvalue weighted by Crippen LogP contribution is 2.30. The molecule has 0 aliphatic carbocycles. The fraction of sp³-hybridized carbons (Fsp3) is 0.164. The molecule has 0 N–H and O–H groups in total. The Bertz CT molecular complexity index is 3120. The summed E-state index contributed by atoms with van der Waals surface area (Å²) < 4.78 is 38.8. The number of hydrogen-bond donors (Lipinski definition) is 0. The lowest BCUT2D eigenvalue weighted by Gasteiger charge is -2.07. The Morgan fingerprint density at radius 2 is 0.944 bits per heavy atom. The number of nitrogens with zero attached hydrogens (tertiary/aromatic N) is 6. The van der Waals surface area contributed by atoms with E-state index in [1.165, 1.54) is 22.7 Å². The Morgan fingerprint density at radius 3 is 1.34 bits per heavy atom. The molecular formula is C55H46N6O8S2. The largest absolute Gasteiger partial charge is 0.487 e. The maximum Gasteiger partial charge on any atom is 0.317 e. The van der Waals surface area contributed by atoms with E-state index in [1.807, 2.05) is 180 Å². The Balaban J connectivity index is 0.714. The van der Waals surface area contributed by atoms with Crippen molar-refractivity contribution in [3.8, 4) is 55.5 Å². The summed E-state index contributed by atoms with van der Waals surface area (Å²) >= 11 is 3.07. The number of thiophene rings is 2. The van der Waals surface area contributed by atoms with Crippen molar-refractivity contribution in [3.05, 3.63) is 202 Å². The van der Waals surface area contributed by atoms with Gasteiger partial charge in [0, 0.05) is 34.6 Å². The van der Waals surface area contributed by atoms with Crippen LogP contribution >= 0.6 is 22.7 Å². The number of aromatic nitrogens is 6. The summed E-state index contributed by atoms with van der Waals surface area (Å²) in [5.74, 6) is 2.52. The first-order valence-electron chi connectivity index (χ1n) is 22.7. The van der Waals surface area contributed by atoms with Crippen LogP contribution in [0.3, 0.4) is 0 Å². The second-order valence-corrected chi connectivity index (χ2v) is 18.4. The lowest BCUT2D eigenvalue weighted by molar-refractivity contribution is -0.156. The molecule has 4 aromatic carbocycles. The molecule has 356 valence electrons. The number of esters is 2. The summed E-state index contributed by atoms with van der Waals surface area (Å²) in [7, 11) is 0. The average molecular weight is 983 g/mol. The molecule has 0 aliphatic rings. The highest BCUT2D eigenvalue weighted by atomic mass is 32.1. The number of carbonyl (C=O) groups excluding carboxylic acids is 2. The van der Waals surface area contributed by atoms with Crippen LogP contribution < -0.4 is 9.47 Å². The van der Waals surface area contributed by atoms with Gasteiger partial charge in [-0.3, -0.25) is 19.0 Å². The Labute approximate surface area is 416 Å². The molecule has 6 heterocycles. The third kappa shape index (κ3) is 11.6. The molecule has 0 amide bonds. The quantitative estimate of drug-likeness (QED) is 0.0526. The van der Waals surface area contributed by atoms with E-state index in [2.05, 4.69) is 9.97 Å². The number of benzene rings is 4. The molecular weight excluding hydrogens is 937 g/mol. The highest BCUT2D eigenvalue weighted by molar-refractivity contribution is 7.13. The Hall–Kier alpha value is -8.34. The summed E-state index contributed by atoms with van der Waals surface area (Å²) in [4.78, 5) is 37.2. The molecule has 16 heteroatoms. The smallest absolute Gasteiger partial charge is 0.317 e. The van der Waals surface area contributed by atoms with Crippen molar-refractivity contribution in [2.75, 3.05) is 0 Å². The maximum atomic E-state index is 13.1. The minimum Gasteiger partial charge on any atom is -0.487 e. The van der Waals surface area contributed by atoms with E-state index in [4.69, 9.17) is 38.0 Å². The first kappa shape index (κ1) is 46.4. The van der Waals surface area contributed by atoms with Crippen LogP contribution in [0.2, 0.25) is 0 Å². The SMILES string of the molecule is Cc1oc(-c2ccccc2)nc1COc1ccc(Cn2cc(COC(=O)CC(=O)OCc3cn(Cc4ccc(OCc5nc(-c6ccccc6)oc5C)cc4)nc3-c3cccs3)c(-c3cccs3)n2)cc1. The minimum atomic E-state index is -0.706. The lowest BCUT2D eigenvalue weighted by atomic mass is 10.2. The van der Waals surface area contributed by atoms with Crippen LogP contribution in [0.25, 0.3) is 44.1 Å². The molecule has 0 aliphatic heterocycles. The summed E-state index contributed by atoms with van der Waals surface area (Å²) in [6.07, 6.45) is 3.16. The standard InChI is InChI=1S/C55H46N6O8S2/c1-36-46(56-54(68-36)40-11-5-3-6-12-40)34-64-44-21-17-38(18-22-44)28-60-30-42(52(58-60)48-15-9-25-70-48)32-66-50(62)27-51(63)67-33-43-31-61(59-53(43)49-16-10-26-71-49)29-39-19-23-45(24-20-39)65-35-47-37(2)69-55(57-47)41-13-7-4-8-14-41/h3-26,30-31H,27-29,32-35H2,1-2H3. The minimum absolute atomic E-state index is 0.0706. The van der Waals surface area contributed by atoms with Crippen molar-refractivity contribution < 1.29 is 37.4 Å². The molecule has 10 aromatic rings. The molecule has 0 unspecified atom stereocenters. The molecule has 0 radical (unpaired) electrons. The van der Waals surface area contributed by atoms with Crippen molar-refractivity contribution in [1.82, 2.24) is 29.5 Å². The first-order valence-corrected chi connectivity index (χ1v) is 24.5. The van der Waals surface area contributed by atoms with E-state index >= 15 is 0 Å². The number of hydrogen-bond acceptors (Lipinski definition) is 14. The summed E-state index contributed by atoms with van der Waals surface area (Å²) in [6, 6.07) is 42.9. The van der Waals surface area contributed by atoms with Crippen LogP contribution in [0.4, 0.5) is 0 Å². The van der Waals surface area contributed by atoms with Gasteiger partial charge in [0.1, 0.15) is 78.6 Å². The van der Waals surface area contributed by atoms with Crippen LogP contribution in [-0.2, 0) is 58.6 Å². The van der Waals surface area contributed by atoms with Gasteiger partial charge in [-0.1, -0.05) is 72.8 Å². The molecule has 0 fully saturated rings. The zero-order valence-electron chi connectivity index (χ0n) is 38.7.